The lowest BCUT2D eigenvalue weighted by Crippen LogP contribution is -2.07. The van der Waals surface area contributed by atoms with Crippen molar-refractivity contribution in [2.75, 3.05) is 5.32 Å². The van der Waals surface area contributed by atoms with Crippen molar-refractivity contribution in [3.63, 3.8) is 0 Å². The fourth-order valence-electron chi connectivity index (χ4n) is 1.99. The molecule has 0 aliphatic heterocycles. The summed E-state index contributed by atoms with van der Waals surface area (Å²) in [6, 6.07) is 14.5. The van der Waals surface area contributed by atoms with E-state index in [9.17, 15) is 4.79 Å². The van der Waals surface area contributed by atoms with Crippen LogP contribution in [0.2, 0.25) is 5.02 Å². The summed E-state index contributed by atoms with van der Waals surface area (Å²) in [7, 11) is 0. The first-order chi connectivity index (χ1) is 11.2. The van der Waals surface area contributed by atoms with Gasteiger partial charge in [0.15, 0.2) is 0 Å². The van der Waals surface area contributed by atoms with Crippen LogP contribution in [-0.4, -0.2) is 10.9 Å². The van der Waals surface area contributed by atoms with Crippen molar-refractivity contribution in [1.29, 1.82) is 0 Å². The molecule has 0 unspecified atom stereocenters. The number of anilines is 1. The fraction of sp³-hybridized carbons (Fsp3) is 0. The Morgan fingerprint density at radius 3 is 2.70 bits per heavy atom. The quantitative estimate of drug-likeness (QED) is 0.711. The van der Waals surface area contributed by atoms with Crippen molar-refractivity contribution in [2.45, 2.75) is 0 Å². The lowest BCUT2D eigenvalue weighted by Gasteiger charge is -1.99. The normalized spacial score (nSPS) is 10.8. The molecule has 23 heavy (non-hydrogen) atoms. The predicted octanol–water partition coefficient (Wildman–Crippen LogP) is 4.65. The van der Waals surface area contributed by atoms with E-state index in [0.717, 1.165) is 5.56 Å². The van der Waals surface area contributed by atoms with Gasteiger partial charge in [-0.25, -0.2) is 0 Å². The minimum atomic E-state index is -0.248. The van der Waals surface area contributed by atoms with Crippen molar-refractivity contribution in [3.05, 3.63) is 77.8 Å². The third-order valence-corrected chi connectivity index (χ3v) is 3.34. The SMILES string of the molecule is O=C(C=Cc1ccc(-c2ccc(Cl)cc2)o1)Nc1cccnc1. The number of furan rings is 1. The van der Waals surface area contributed by atoms with E-state index in [-0.39, 0.29) is 5.91 Å². The summed E-state index contributed by atoms with van der Waals surface area (Å²) < 4.78 is 5.69. The molecule has 0 saturated carbocycles. The highest BCUT2D eigenvalue weighted by Crippen LogP contribution is 2.24. The van der Waals surface area contributed by atoms with E-state index in [1.54, 1.807) is 48.8 Å². The van der Waals surface area contributed by atoms with E-state index >= 15 is 0 Å². The van der Waals surface area contributed by atoms with Crippen molar-refractivity contribution in [2.24, 2.45) is 0 Å². The molecule has 0 aliphatic rings. The minimum Gasteiger partial charge on any atom is -0.457 e. The second-order valence-corrected chi connectivity index (χ2v) is 5.21. The van der Waals surface area contributed by atoms with Gasteiger partial charge in [-0.1, -0.05) is 11.6 Å². The second kappa shape index (κ2) is 6.94. The van der Waals surface area contributed by atoms with Gasteiger partial charge in [0, 0.05) is 22.9 Å². The van der Waals surface area contributed by atoms with E-state index in [1.807, 2.05) is 18.2 Å². The number of carbonyl (C=O) groups is 1. The van der Waals surface area contributed by atoms with Crippen LogP contribution in [0.25, 0.3) is 17.4 Å². The van der Waals surface area contributed by atoms with Crippen LogP contribution in [-0.2, 0) is 4.79 Å². The lowest BCUT2D eigenvalue weighted by atomic mass is 10.2. The summed E-state index contributed by atoms with van der Waals surface area (Å²) in [6.45, 7) is 0. The van der Waals surface area contributed by atoms with Crippen LogP contribution in [0.1, 0.15) is 5.76 Å². The first-order valence-electron chi connectivity index (χ1n) is 6.95. The second-order valence-electron chi connectivity index (χ2n) is 4.77. The van der Waals surface area contributed by atoms with Crippen LogP contribution >= 0.6 is 11.6 Å². The first kappa shape index (κ1) is 15.1. The largest absolute Gasteiger partial charge is 0.457 e. The molecule has 0 saturated heterocycles. The van der Waals surface area contributed by atoms with E-state index < -0.39 is 0 Å². The van der Waals surface area contributed by atoms with Crippen LogP contribution in [0.5, 0.6) is 0 Å². The first-order valence-corrected chi connectivity index (χ1v) is 7.33. The standard InChI is InChI=1S/C18H13ClN2O2/c19-14-5-3-13(4-6-14)17-9-7-16(23-17)8-10-18(22)21-15-2-1-11-20-12-15/h1-12H,(H,21,22). The monoisotopic (exact) mass is 324 g/mol. The zero-order chi connectivity index (χ0) is 16.1. The molecular weight excluding hydrogens is 312 g/mol. The maximum absolute atomic E-state index is 11.8. The van der Waals surface area contributed by atoms with Crippen LogP contribution in [0, 0.1) is 0 Å². The van der Waals surface area contributed by atoms with Gasteiger partial charge in [-0.15, -0.1) is 0 Å². The molecule has 0 fully saturated rings. The fourth-order valence-corrected chi connectivity index (χ4v) is 2.12. The maximum Gasteiger partial charge on any atom is 0.248 e. The molecular formula is C18H13ClN2O2. The summed E-state index contributed by atoms with van der Waals surface area (Å²) >= 11 is 5.86. The van der Waals surface area contributed by atoms with Gasteiger partial charge in [0.25, 0.3) is 0 Å². The van der Waals surface area contributed by atoms with Gasteiger partial charge in [-0.3, -0.25) is 9.78 Å². The number of pyridine rings is 1. The summed E-state index contributed by atoms with van der Waals surface area (Å²) in [6.07, 6.45) is 6.26. The number of rotatable bonds is 4. The molecule has 0 radical (unpaired) electrons. The Balaban J connectivity index is 1.66. The Labute approximate surface area is 138 Å². The van der Waals surface area contributed by atoms with E-state index in [2.05, 4.69) is 10.3 Å². The van der Waals surface area contributed by atoms with Gasteiger partial charge in [0.1, 0.15) is 11.5 Å². The lowest BCUT2D eigenvalue weighted by molar-refractivity contribution is -0.111. The number of hydrogen-bond acceptors (Lipinski definition) is 3. The number of amides is 1. The molecule has 1 amide bonds. The van der Waals surface area contributed by atoms with Crippen molar-refractivity contribution in [3.8, 4) is 11.3 Å². The smallest absolute Gasteiger partial charge is 0.248 e. The minimum absolute atomic E-state index is 0.248. The number of aromatic nitrogens is 1. The molecule has 2 heterocycles. The summed E-state index contributed by atoms with van der Waals surface area (Å²) in [4.78, 5) is 15.8. The molecule has 0 aliphatic carbocycles. The van der Waals surface area contributed by atoms with Crippen molar-refractivity contribution < 1.29 is 9.21 Å². The van der Waals surface area contributed by atoms with E-state index in [1.165, 1.54) is 6.08 Å². The Kier molecular flexibility index (Phi) is 4.54. The highest BCUT2D eigenvalue weighted by molar-refractivity contribution is 6.30. The van der Waals surface area contributed by atoms with E-state index in [4.69, 9.17) is 16.0 Å². The van der Waals surface area contributed by atoms with Crippen LogP contribution < -0.4 is 5.32 Å². The average molecular weight is 325 g/mol. The Morgan fingerprint density at radius 2 is 1.96 bits per heavy atom. The third-order valence-electron chi connectivity index (χ3n) is 3.08. The topological polar surface area (TPSA) is 55.1 Å². The number of nitrogens with zero attached hydrogens (tertiary/aromatic N) is 1. The summed E-state index contributed by atoms with van der Waals surface area (Å²) in [5.74, 6) is 1.06. The molecule has 4 nitrogen and oxygen atoms in total. The van der Waals surface area contributed by atoms with Gasteiger partial charge in [-0.05, 0) is 54.6 Å². The van der Waals surface area contributed by atoms with Gasteiger partial charge < -0.3 is 9.73 Å². The highest BCUT2D eigenvalue weighted by atomic mass is 35.5. The molecule has 114 valence electrons. The zero-order valence-corrected chi connectivity index (χ0v) is 12.8. The zero-order valence-electron chi connectivity index (χ0n) is 12.1. The Bertz CT molecular complexity index is 824. The van der Waals surface area contributed by atoms with Gasteiger partial charge in [-0.2, -0.15) is 0 Å². The van der Waals surface area contributed by atoms with Crippen LogP contribution in [0.3, 0.4) is 0 Å². The van der Waals surface area contributed by atoms with Crippen molar-refractivity contribution in [1.82, 2.24) is 4.98 Å². The number of nitrogens with one attached hydrogen (secondary N) is 1. The van der Waals surface area contributed by atoms with Crippen LogP contribution in [0.15, 0.2) is 71.4 Å². The molecule has 3 aromatic rings. The molecule has 3 rings (SSSR count). The van der Waals surface area contributed by atoms with Gasteiger partial charge in [0.05, 0.1) is 11.9 Å². The molecule has 1 N–H and O–H groups in total. The molecule has 0 atom stereocenters. The molecule has 1 aromatic carbocycles. The van der Waals surface area contributed by atoms with Crippen molar-refractivity contribution >= 4 is 29.3 Å². The summed E-state index contributed by atoms with van der Waals surface area (Å²) in [5, 5.41) is 3.39. The molecule has 0 bridgehead atoms. The van der Waals surface area contributed by atoms with Crippen LogP contribution in [0.4, 0.5) is 5.69 Å². The maximum atomic E-state index is 11.8. The number of carbonyl (C=O) groups excluding carboxylic acids is 1. The highest BCUT2D eigenvalue weighted by Gasteiger charge is 2.03. The number of benzene rings is 1. The molecule has 5 heteroatoms. The average Bonchev–Trinajstić information content (AvgIpc) is 3.04. The Hall–Kier alpha value is -2.85. The number of halogens is 1. The Morgan fingerprint density at radius 1 is 1.13 bits per heavy atom. The predicted molar refractivity (Wildman–Crippen MR) is 91.1 cm³/mol. The molecule has 0 spiro atoms. The van der Waals surface area contributed by atoms with Gasteiger partial charge >= 0.3 is 0 Å². The van der Waals surface area contributed by atoms with Gasteiger partial charge in [0.2, 0.25) is 5.91 Å². The molecule has 2 aromatic heterocycles. The number of hydrogen-bond donors (Lipinski definition) is 1. The van der Waals surface area contributed by atoms with E-state index in [0.29, 0.717) is 22.2 Å². The summed E-state index contributed by atoms with van der Waals surface area (Å²) in [5.41, 5.74) is 1.57. The third kappa shape index (κ3) is 4.08.